The van der Waals surface area contributed by atoms with Crippen LogP contribution in [0.5, 0.6) is 0 Å². The number of hydrogen-bond donors (Lipinski definition) is 1. The lowest BCUT2D eigenvalue weighted by Crippen LogP contribution is -2.35. The van der Waals surface area contributed by atoms with Gasteiger partial charge in [0.05, 0.1) is 0 Å². The fraction of sp³-hybridized carbons (Fsp3) is 0.500. The van der Waals surface area contributed by atoms with Crippen LogP contribution in [0.4, 0.5) is 5.82 Å². The minimum absolute atomic E-state index is 0.0468. The van der Waals surface area contributed by atoms with Gasteiger partial charge in [0, 0.05) is 25.7 Å². The van der Waals surface area contributed by atoms with Crippen LogP contribution in [0.2, 0.25) is 5.15 Å². The second-order valence-corrected chi connectivity index (χ2v) is 4.55. The third-order valence-corrected chi connectivity index (χ3v) is 3.13. The molecule has 2 heterocycles. The third-order valence-electron chi connectivity index (χ3n) is 2.94. The number of nitrogens with zero attached hydrogens (tertiary/aromatic N) is 2. The summed E-state index contributed by atoms with van der Waals surface area (Å²) in [6.07, 6.45) is 3.38. The summed E-state index contributed by atoms with van der Waals surface area (Å²) in [5, 5.41) is 3.24. The van der Waals surface area contributed by atoms with Crippen LogP contribution in [0.25, 0.3) is 0 Å². The molecule has 0 radical (unpaired) electrons. The van der Waals surface area contributed by atoms with E-state index in [0.717, 1.165) is 25.9 Å². The number of carbonyl (C=O) groups excluding carboxylic acids is 1. The van der Waals surface area contributed by atoms with Crippen molar-refractivity contribution in [3.8, 4) is 0 Å². The third kappa shape index (κ3) is 2.88. The summed E-state index contributed by atoms with van der Waals surface area (Å²) in [7, 11) is 1.76. The zero-order valence-electron chi connectivity index (χ0n) is 9.87. The number of hydrogen-bond acceptors (Lipinski definition) is 3. The number of rotatable bonds is 2. The fourth-order valence-electron chi connectivity index (χ4n) is 2.03. The molecule has 0 unspecified atom stereocenters. The first-order valence-corrected chi connectivity index (χ1v) is 6.23. The molecule has 0 bridgehead atoms. The van der Waals surface area contributed by atoms with Gasteiger partial charge >= 0.3 is 0 Å². The molecule has 1 aliphatic rings. The van der Waals surface area contributed by atoms with Gasteiger partial charge in [-0.3, -0.25) is 4.79 Å². The lowest BCUT2D eigenvalue weighted by atomic mass is 10.1. The summed E-state index contributed by atoms with van der Waals surface area (Å²) in [5.41, 5.74) is 0.608. The zero-order valence-corrected chi connectivity index (χ0v) is 10.6. The van der Waals surface area contributed by atoms with Crippen LogP contribution >= 0.6 is 11.6 Å². The molecule has 0 aromatic carbocycles. The molecule has 0 aliphatic carbocycles. The monoisotopic (exact) mass is 253 g/mol. The molecule has 0 spiro atoms. The normalized spacial score (nSPS) is 15.8. The van der Waals surface area contributed by atoms with Gasteiger partial charge in [0.2, 0.25) is 0 Å². The lowest BCUT2D eigenvalue weighted by Gasteiger charge is -2.26. The average molecular weight is 254 g/mol. The molecule has 5 heteroatoms. The van der Waals surface area contributed by atoms with Gasteiger partial charge in [0.1, 0.15) is 11.0 Å². The summed E-state index contributed by atoms with van der Waals surface area (Å²) < 4.78 is 0. The molecule has 1 aliphatic heterocycles. The second-order valence-electron chi connectivity index (χ2n) is 4.17. The van der Waals surface area contributed by atoms with Crippen LogP contribution in [-0.2, 0) is 0 Å². The largest absolute Gasteiger partial charge is 0.373 e. The molecule has 1 N–H and O–H groups in total. The summed E-state index contributed by atoms with van der Waals surface area (Å²) in [5.74, 6) is 0.670. The maximum atomic E-state index is 12.2. The number of nitrogens with one attached hydrogen (secondary N) is 1. The van der Waals surface area contributed by atoms with Crippen molar-refractivity contribution in [1.29, 1.82) is 0 Å². The Balaban J connectivity index is 2.20. The number of halogens is 1. The van der Waals surface area contributed by atoms with Crippen LogP contribution < -0.4 is 5.32 Å². The molecule has 0 saturated carbocycles. The zero-order chi connectivity index (χ0) is 12.3. The highest BCUT2D eigenvalue weighted by atomic mass is 35.5. The van der Waals surface area contributed by atoms with Crippen LogP contribution in [0, 0.1) is 0 Å². The number of carbonyl (C=O) groups is 1. The smallest absolute Gasteiger partial charge is 0.254 e. The quantitative estimate of drug-likeness (QED) is 0.824. The molecule has 1 aromatic heterocycles. The van der Waals surface area contributed by atoms with E-state index in [9.17, 15) is 4.79 Å². The molecule has 1 amide bonds. The summed E-state index contributed by atoms with van der Waals surface area (Å²) in [4.78, 5) is 18.2. The Kier molecular flexibility index (Phi) is 3.84. The highest BCUT2D eigenvalue weighted by Crippen LogP contribution is 2.18. The number of pyridine rings is 1. The molecule has 1 fully saturated rings. The molecule has 17 heavy (non-hydrogen) atoms. The molecule has 92 valence electrons. The maximum Gasteiger partial charge on any atom is 0.254 e. The first kappa shape index (κ1) is 12.2. The topological polar surface area (TPSA) is 45.2 Å². The average Bonchev–Trinajstić information content (AvgIpc) is 2.38. The van der Waals surface area contributed by atoms with Gasteiger partial charge in [0.25, 0.3) is 5.91 Å². The highest BCUT2D eigenvalue weighted by Gasteiger charge is 2.19. The van der Waals surface area contributed by atoms with Crippen LogP contribution in [0.15, 0.2) is 12.1 Å². The van der Waals surface area contributed by atoms with Crippen LogP contribution in [0.1, 0.15) is 29.6 Å². The van der Waals surface area contributed by atoms with Crippen molar-refractivity contribution in [3.63, 3.8) is 0 Å². The Morgan fingerprint density at radius 2 is 2.06 bits per heavy atom. The van der Waals surface area contributed by atoms with E-state index < -0.39 is 0 Å². The number of aromatic nitrogens is 1. The van der Waals surface area contributed by atoms with E-state index >= 15 is 0 Å². The van der Waals surface area contributed by atoms with Crippen molar-refractivity contribution in [2.24, 2.45) is 0 Å². The van der Waals surface area contributed by atoms with Crippen molar-refractivity contribution in [2.75, 3.05) is 25.5 Å². The van der Waals surface area contributed by atoms with Crippen molar-refractivity contribution in [1.82, 2.24) is 9.88 Å². The van der Waals surface area contributed by atoms with Crippen LogP contribution in [-0.4, -0.2) is 35.9 Å². The van der Waals surface area contributed by atoms with E-state index in [1.165, 1.54) is 6.42 Å². The SMILES string of the molecule is CNc1cc(C(=O)N2CCCCC2)cc(Cl)n1. The van der Waals surface area contributed by atoms with E-state index in [2.05, 4.69) is 10.3 Å². The highest BCUT2D eigenvalue weighted by molar-refractivity contribution is 6.29. The minimum atomic E-state index is 0.0468. The molecule has 2 rings (SSSR count). The number of piperidine rings is 1. The van der Waals surface area contributed by atoms with Crippen molar-refractivity contribution < 1.29 is 4.79 Å². The first-order valence-electron chi connectivity index (χ1n) is 5.85. The maximum absolute atomic E-state index is 12.2. The van der Waals surface area contributed by atoms with Gasteiger partial charge in [-0.1, -0.05) is 11.6 Å². The van der Waals surface area contributed by atoms with Crippen molar-refractivity contribution >= 4 is 23.3 Å². The Bertz CT molecular complexity index is 416. The minimum Gasteiger partial charge on any atom is -0.373 e. The second kappa shape index (κ2) is 5.36. The van der Waals surface area contributed by atoms with E-state index in [-0.39, 0.29) is 5.91 Å². The predicted molar refractivity (Wildman–Crippen MR) is 68.5 cm³/mol. The van der Waals surface area contributed by atoms with Crippen molar-refractivity contribution in [3.05, 3.63) is 22.8 Å². The predicted octanol–water partition coefficient (Wildman–Crippen LogP) is 2.40. The van der Waals surface area contributed by atoms with Crippen molar-refractivity contribution in [2.45, 2.75) is 19.3 Å². The standard InChI is InChI=1S/C12H16ClN3O/c1-14-11-8-9(7-10(13)15-11)12(17)16-5-3-2-4-6-16/h7-8H,2-6H2,1H3,(H,14,15). The van der Waals surface area contributed by atoms with Gasteiger partial charge in [-0.15, -0.1) is 0 Å². The Morgan fingerprint density at radius 3 is 2.71 bits per heavy atom. The lowest BCUT2D eigenvalue weighted by molar-refractivity contribution is 0.0724. The number of amides is 1. The van der Waals surface area contributed by atoms with Gasteiger partial charge in [-0.05, 0) is 31.4 Å². The number of likely N-dealkylation sites (tertiary alicyclic amines) is 1. The summed E-state index contributed by atoms with van der Waals surface area (Å²) in [6.45, 7) is 1.68. The van der Waals surface area contributed by atoms with E-state index in [1.807, 2.05) is 4.90 Å². The first-order chi connectivity index (χ1) is 8.20. The number of anilines is 1. The molecule has 1 aromatic rings. The molecule has 4 nitrogen and oxygen atoms in total. The Labute approximate surface area is 106 Å². The fourth-order valence-corrected chi connectivity index (χ4v) is 2.24. The molecular weight excluding hydrogens is 238 g/mol. The Hall–Kier alpha value is -1.29. The molecule has 1 saturated heterocycles. The molecular formula is C12H16ClN3O. The van der Waals surface area contributed by atoms with E-state index in [4.69, 9.17) is 11.6 Å². The summed E-state index contributed by atoms with van der Waals surface area (Å²) >= 11 is 5.89. The molecule has 0 atom stereocenters. The van der Waals surface area contributed by atoms with Gasteiger partial charge in [-0.2, -0.15) is 0 Å². The van der Waals surface area contributed by atoms with Gasteiger partial charge in [0.15, 0.2) is 0 Å². The van der Waals surface area contributed by atoms with Gasteiger partial charge in [-0.25, -0.2) is 4.98 Å². The van der Waals surface area contributed by atoms with Crippen LogP contribution in [0.3, 0.4) is 0 Å². The van der Waals surface area contributed by atoms with E-state index in [1.54, 1.807) is 19.2 Å². The van der Waals surface area contributed by atoms with Gasteiger partial charge < -0.3 is 10.2 Å². The van der Waals surface area contributed by atoms with E-state index in [0.29, 0.717) is 16.5 Å². The summed E-state index contributed by atoms with van der Waals surface area (Å²) in [6, 6.07) is 3.36. The Morgan fingerprint density at radius 1 is 1.35 bits per heavy atom.